The van der Waals surface area contributed by atoms with Crippen LogP contribution < -0.4 is 10.1 Å². The molecule has 1 N–H and O–H groups in total. The highest BCUT2D eigenvalue weighted by Crippen LogP contribution is 2.30. The van der Waals surface area contributed by atoms with Gasteiger partial charge in [0.05, 0.1) is 13.2 Å². The topological polar surface area (TPSA) is 55.7 Å². The SMILES string of the molecule is O=C(c1cc2cc(OC3CCNCC3)ccc2n1CC(F)(F)F)N1CCOCC1. The molecule has 0 radical (unpaired) electrons. The first kappa shape index (κ1) is 20.0. The van der Waals surface area contributed by atoms with Gasteiger partial charge >= 0.3 is 6.18 Å². The molecule has 6 nitrogen and oxygen atoms in total. The highest BCUT2D eigenvalue weighted by atomic mass is 19.4. The van der Waals surface area contributed by atoms with E-state index in [9.17, 15) is 18.0 Å². The molecule has 2 aliphatic heterocycles. The molecule has 2 fully saturated rings. The molecule has 2 saturated heterocycles. The number of rotatable bonds is 4. The number of benzene rings is 1. The number of carbonyl (C=O) groups is 1. The number of alkyl halides is 3. The van der Waals surface area contributed by atoms with Gasteiger partial charge < -0.3 is 24.3 Å². The van der Waals surface area contributed by atoms with Crippen LogP contribution in [0.25, 0.3) is 10.9 Å². The van der Waals surface area contributed by atoms with E-state index < -0.39 is 18.6 Å². The molecule has 3 heterocycles. The zero-order valence-corrected chi connectivity index (χ0v) is 16.0. The molecule has 158 valence electrons. The van der Waals surface area contributed by atoms with Gasteiger partial charge in [-0.25, -0.2) is 0 Å². The zero-order chi connectivity index (χ0) is 20.4. The minimum absolute atomic E-state index is 0.0400. The van der Waals surface area contributed by atoms with E-state index in [1.165, 1.54) is 11.0 Å². The summed E-state index contributed by atoms with van der Waals surface area (Å²) >= 11 is 0. The van der Waals surface area contributed by atoms with E-state index in [0.717, 1.165) is 30.5 Å². The molecule has 9 heteroatoms. The molecule has 0 spiro atoms. The minimum atomic E-state index is -4.43. The van der Waals surface area contributed by atoms with Gasteiger partial charge in [-0.15, -0.1) is 0 Å². The van der Waals surface area contributed by atoms with Crippen molar-refractivity contribution >= 4 is 16.8 Å². The smallest absolute Gasteiger partial charge is 0.406 e. The van der Waals surface area contributed by atoms with E-state index in [-0.39, 0.29) is 11.8 Å². The first-order valence-corrected chi connectivity index (χ1v) is 9.85. The first-order chi connectivity index (χ1) is 13.9. The number of fused-ring (bicyclic) bond motifs is 1. The largest absolute Gasteiger partial charge is 0.490 e. The van der Waals surface area contributed by atoms with Crippen molar-refractivity contribution in [2.24, 2.45) is 0 Å². The van der Waals surface area contributed by atoms with Crippen LogP contribution in [0.4, 0.5) is 13.2 Å². The molecule has 0 saturated carbocycles. The third-order valence-corrected chi connectivity index (χ3v) is 5.32. The van der Waals surface area contributed by atoms with Gasteiger partial charge in [-0.3, -0.25) is 4.79 Å². The summed E-state index contributed by atoms with van der Waals surface area (Å²) in [7, 11) is 0. The van der Waals surface area contributed by atoms with Gasteiger partial charge in [-0.05, 0) is 50.2 Å². The van der Waals surface area contributed by atoms with Crippen LogP contribution in [0.1, 0.15) is 23.3 Å². The monoisotopic (exact) mass is 411 g/mol. The van der Waals surface area contributed by atoms with Gasteiger partial charge in [0.1, 0.15) is 24.1 Å². The summed E-state index contributed by atoms with van der Waals surface area (Å²) in [6.45, 7) is 2.07. The third-order valence-electron chi connectivity index (χ3n) is 5.32. The predicted octanol–water partition coefficient (Wildman–Crippen LogP) is 2.81. The molecule has 0 aliphatic carbocycles. The molecule has 2 aromatic rings. The Bertz CT molecular complexity index is 869. The highest BCUT2D eigenvalue weighted by Gasteiger charge is 2.32. The fraction of sp³-hybridized carbons (Fsp3) is 0.550. The predicted molar refractivity (Wildman–Crippen MR) is 101 cm³/mol. The van der Waals surface area contributed by atoms with Crippen molar-refractivity contribution in [2.75, 3.05) is 39.4 Å². The maximum Gasteiger partial charge on any atom is 0.406 e. The summed E-state index contributed by atoms with van der Waals surface area (Å²) in [6, 6.07) is 6.54. The van der Waals surface area contributed by atoms with Crippen molar-refractivity contribution in [1.29, 1.82) is 0 Å². The fourth-order valence-corrected chi connectivity index (χ4v) is 3.88. The number of nitrogens with one attached hydrogen (secondary N) is 1. The van der Waals surface area contributed by atoms with Crippen LogP contribution in [0.2, 0.25) is 0 Å². The Hall–Kier alpha value is -2.26. The van der Waals surface area contributed by atoms with E-state index in [2.05, 4.69) is 5.32 Å². The Labute approximate surface area is 166 Å². The molecule has 29 heavy (non-hydrogen) atoms. The molecule has 0 bridgehead atoms. The second kappa shape index (κ2) is 8.23. The minimum Gasteiger partial charge on any atom is -0.490 e. The van der Waals surface area contributed by atoms with Crippen LogP contribution in [-0.2, 0) is 11.3 Å². The lowest BCUT2D eigenvalue weighted by atomic mass is 10.1. The number of morpholine rings is 1. The van der Waals surface area contributed by atoms with Gasteiger partial charge in [0.2, 0.25) is 0 Å². The first-order valence-electron chi connectivity index (χ1n) is 9.85. The summed E-state index contributed by atoms with van der Waals surface area (Å²) in [4.78, 5) is 14.5. The van der Waals surface area contributed by atoms with Crippen LogP contribution in [-0.4, -0.2) is 67.0 Å². The number of piperidine rings is 1. The summed E-state index contributed by atoms with van der Waals surface area (Å²) < 4.78 is 52.0. The Morgan fingerprint density at radius 3 is 2.59 bits per heavy atom. The van der Waals surface area contributed by atoms with Gasteiger partial charge in [0.25, 0.3) is 5.91 Å². The van der Waals surface area contributed by atoms with Crippen molar-refractivity contribution in [2.45, 2.75) is 31.7 Å². The second-order valence-electron chi connectivity index (χ2n) is 7.42. The molecule has 0 atom stereocenters. The van der Waals surface area contributed by atoms with E-state index in [1.54, 1.807) is 18.2 Å². The average molecular weight is 411 g/mol. The van der Waals surface area contributed by atoms with Gasteiger partial charge in [0, 0.05) is 24.0 Å². The highest BCUT2D eigenvalue weighted by molar-refractivity contribution is 5.99. The number of amides is 1. The fourth-order valence-electron chi connectivity index (χ4n) is 3.88. The summed E-state index contributed by atoms with van der Waals surface area (Å²) in [6.07, 6.45) is -2.58. The number of carbonyl (C=O) groups excluding carboxylic acids is 1. The molecule has 1 aromatic heterocycles. The summed E-state index contributed by atoms with van der Waals surface area (Å²) in [5, 5.41) is 3.83. The second-order valence-corrected chi connectivity index (χ2v) is 7.42. The standard InChI is InChI=1S/C20H24F3N3O3/c21-20(22,23)13-26-17-2-1-16(29-15-3-5-24-6-4-15)11-14(17)12-18(26)19(27)25-7-9-28-10-8-25/h1-2,11-12,15,24H,3-10,13H2. The van der Waals surface area contributed by atoms with E-state index in [0.29, 0.717) is 43.0 Å². The maximum atomic E-state index is 13.2. The normalized spacial score (nSPS) is 18.9. The molecule has 2 aliphatic rings. The van der Waals surface area contributed by atoms with Crippen LogP contribution >= 0.6 is 0 Å². The number of hydrogen-bond donors (Lipinski definition) is 1. The number of nitrogens with zero attached hydrogens (tertiary/aromatic N) is 2. The number of aromatic nitrogens is 1. The molecule has 4 rings (SSSR count). The van der Waals surface area contributed by atoms with Gasteiger partial charge in [-0.2, -0.15) is 13.2 Å². The van der Waals surface area contributed by atoms with Crippen LogP contribution in [0.15, 0.2) is 24.3 Å². The Morgan fingerprint density at radius 1 is 1.17 bits per heavy atom. The van der Waals surface area contributed by atoms with E-state index in [1.807, 2.05) is 0 Å². The lowest BCUT2D eigenvalue weighted by Crippen LogP contribution is -2.41. The number of halogens is 3. The number of ether oxygens (including phenoxy) is 2. The summed E-state index contributed by atoms with van der Waals surface area (Å²) in [5.41, 5.74) is 0.412. The average Bonchev–Trinajstić information content (AvgIpc) is 3.05. The maximum absolute atomic E-state index is 13.2. The van der Waals surface area contributed by atoms with Crippen LogP contribution in [0.5, 0.6) is 5.75 Å². The molecule has 1 aromatic carbocycles. The quantitative estimate of drug-likeness (QED) is 0.841. The van der Waals surface area contributed by atoms with Crippen molar-refractivity contribution in [3.8, 4) is 5.75 Å². The van der Waals surface area contributed by atoms with Crippen molar-refractivity contribution < 1.29 is 27.4 Å². The lowest BCUT2D eigenvalue weighted by Gasteiger charge is -2.27. The number of hydrogen-bond acceptors (Lipinski definition) is 4. The summed E-state index contributed by atoms with van der Waals surface area (Å²) in [5.74, 6) is 0.202. The zero-order valence-electron chi connectivity index (χ0n) is 16.0. The van der Waals surface area contributed by atoms with E-state index in [4.69, 9.17) is 9.47 Å². The lowest BCUT2D eigenvalue weighted by molar-refractivity contribution is -0.140. The molecular weight excluding hydrogens is 387 g/mol. The van der Waals surface area contributed by atoms with Gasteiger partial charge in [-0.1, -0.05) is 0 Å². The molecule has 1 amide bonds. The molecule has 0 unspecified atom stereocenters. The van der Waals surface area contributed by atoms with Crippen molar-refractivity contribution in [3.05, 3.63) is 30.0 Å². The van der Waals surface area contributed by atoms with Crippen LogP contribution in [0.3, 0.4) is 0 Å². The van der Waals surface area contributed by atoms with Gasteiger partial charge in [0.15, 0.2) is 0 Å². The Morgan fingerprint density at radius 2 is 1.90 bits per heavy atom. The molecular formula is C20H24F3N3O3. The van der Waals surface area contributed by atoms with Crippen molar-refractivity contribution in [3.63, 3.8) is 0 Å². The van der Waals surface area contributed by atoms with Crippen LogP contribution in [0, 0.1) is 0 Å². The third kappa shape index (κ3) is 4.67. The van der Waals surface area contributed by atoms with Crippen molar-refractivity contribution in [1.82, 2.24) is 14.8 Å². The van der Waals surface area contributed by atoms with E-state index >= 15 is 0 Å². The Kier molecular flexibility index (Phi) is 5.69. The Balaban J connectivity index is 1.66.